The number of piperidine rings is 1. The molecule has 0 unspecified atom stereocenters. The van der Waals surface area contributed by atoms with E-state index in [0.29, 0.717) is 0 Å². The number of hydrazine groups is 1. The Bertz CT molecular complexity index is 289. The fourth-order valence-corrected chi connectivity index (χ4v) is 2.02. The van der Waals surface area contributed by atoms with Gasteiger partial charge < -0.3 is 4.57 Å². The van der Waals surface area contributed by atoms with Crippen LogP contribution >= 0.6 is 0 Å². The zero-order valence-electron chi connectivity index (χ0n) is 9.45. The highest BCUT2D eigenvalue weighted by atomic mass is 15.5. The average Bonchev–Trinajstić information content (AvgIpc) is 2.66. The number of hydrogen-bond acceptors (Lipinski definition) is 3. The van der Waals surface area contributed by atoms with Crippen molar-refractivity contribution < 1.29 is 0 Å². The van der Waals surface area contributed by atoms with Crippen LogP contribution in [0, 0.1) is 6.92 Å². The van der Waals surface area contributed by atoms with Crippen molar-refractivity contribution in [3.05, 3.63) is 18.2 Å². The van der Waals surface area contributed by atoms with Gasteiger partial charge in [0.1, 0.15) is 5.82 Å². The van der Waals surface area contributed by atoms with E-state index in [1.165, 1.54) is 32.4 Å². The summed E-state index contributed by atoms with van der Waals surface area (Å²) in [5.41, 5.74) is 3.47. The molecular formula is C11H20N4. The van der Waals surface area contributed by atoms with Crippen molar-refractivity contribution in [2.24, 2.45) is 0 Å². The number of aryl methyl sites for hydroxylation is 1. The van der Waals surface area contributed by atoms with E-state index in [-0.39, 0.29) is 0 Å². The van der Waals surface area contributed by atoms with E-state index in [1.807, 2.05) is 19.3 Å². The van der Waals surface area contributed by atoms with Gasteiger partial charge in [-0.15, -0.1) is 0 Å². The quantitative estimate of drug-likeness (QED) is 0.806. The monoisotopic (exact) mass is 208 g/mol. The van der Waals surface area contributed by atoms with Crippen molar-refractivity contribution in [2.75, 3.05) is 19.6 Å². The van der Waals surface area contributed by atoms with Crippen LogP contribution in [0.5, 0.6) is 0 Å². The molecule has 84 valence electrons. The van der Waals surface area contributed by atoms with E-state index in [9.17, 15) is 0 Å². The second-order valence-electron chi connectivity index (χ2n) is 4.12. The molecule has 0 amide bonds. The Morgan fingerprint density at radius 2 is 2.13 bits per heavy atom. The first-order valence-electron chi connectivity index (χ1n) is 5.82. The Balaban J connectivity index is 1.68. The minimum atomic E-state index is 0.997. The second-order valence-corrected chi connectivity index (χ2v) is 4.12. The summed E-state index contributed by atoms with van der Waals surface area (Å²) in [6, 6.07) is 0. The van der Waals surface area contributed by atoms with Crippen molar-refractivity contribution in [1.29, 1.82) is 0 Å². The highest BCUT2D eigenvalue weighted by Gasteiger charge is 2.08. The summed E-state index contributed by atoms with van der Waals surface area (Å²) in [5.74, 6) is 1.09. The Kier molecular flexibility index (Phi) is 3.75. The molecular weight excluding hydrogens is 188 g/mol. The van der Waals surface area contributed by atoms with Gasteiger partial charge in [0.2, 0.25) is 0 Å². The maximum atomic E-state index is 4.20. The van der Waals surface area contributed by atoms with Gasteiger partial charge in [0.05, 0.1) is 0 Å². The van der Waals surface area contributed by atoms with E-state index in [0.717, 1.165) is 18.9 Å². The maximum Gasteiger partial charge on any atom is 0.105 e. The van der Waals surface area contributed by atoms with Gasteiger partial charge in [-0.05, 0) is 19.8 Å². The topological polar surface area (TPSA) is 33.1 Å². The molecule has 2 heterocycles. The van der Waals surface area contributed by atoms with Crippen LogP contribution in [0.4, 0.5) is 0 Å². The molecule has 0 aromatic carbocycles. The standard InChI is InChI=1S/C11H20N4/c1-11-12-5-9-14(11)10-6-13-15-7-3-2-4-8-15/h5,9,13H,2-4,6-8,10H2,1H3. The SMILES string of the molecule is Cc1nccn1CCNN1CCCCC1. The maximum absolute atomic E-state index is 4.20. The van der Waals surface area contributed by atoms with Crippen molar-refractivity contribution in [2.45, 2.75) is 32.7 Å². The molecule has 0 bridgehead atoms. The van der Waals surface area contributed by atoms with Crippen LogP contribution in [0.2, 0.25) is 0 Å². The Morgan fingerprint density at radius 3 is 2.80 bits per heavy atom. The van der Waals surface area contributed by atoms with Gasteiger partial charge in [0, 0.05) is 38.6 Å². The fraction of sp³-hybridized carbons (Fsp3) is 0.727. The predicted octanol–water partition coefficient (Wildman–Crippen LogP) is 1.18. The lowest BCUT2D eigenvalue weighted by Crippen LogP contribution is -2.42. The molecule has 1 aliphatic heterocycles. The van der Waals surface area contributed by atoms with E-state index in [1.54, 1.807) is 0 Å². The Morgan fingerprint density at radius 1 is 1.33 bits per heavy atom. The summed E-state index contributed by atoms with van der Waals surface area (Å²) >= 11 is 0. The first-order chi connectivity index (χ1) is 7.36. The number of nitrogens with one attached hydrogen (secondary N) is 1. The van der Waals surface area contributed by atoms with Gasteiger partial charge in [-0.2, -0.15) is 0 Å². The Hall–Kier alpha value is -0.870. The molecule has 1 aromatic heterocycles. The molecule has 0 aliphatic carbocycles. The zero-order chi connectivity index (χ0) is 10.5. The molecule has 1 aliphatic rings. The molecule has 0 atom stereocenters. The largest absolute Gasteiger partial charge is 0.334 e. The molecule has 0 saturated carbocycles. The molecule has 4 nitrogen and oxygen atoms in total. The predicted molar refractivity (Wildman–Crippen MR) is 60.4 cm³/mol. The van der Waals surface area contributed by atoms with E-state index in [2.05, 4.69) is 20.0 Å². The van der Waals surface area contributed by atoms with Gasteiger partial charge in [-0.1, -0.05) is 6.42 Å². The smallest absolute Gasteiger partial charge is 0.105 e. The minimum absolute atomic E-state index is 0.997. The van der Waals surface area contributed by atoms with Crippen LogP contribution in [-0.4, -0.2) is 34.2 Å². The van der Waals surface area contributed by atoms with Crippen LogP contribution in [0.15, 0.2) is 12.4 Å². The van der Waals surface area contributed by atoms with E-state index in [4.69, 9.17) is 0 Å². The van der Waals surface area contributed by atoms with E-state index < -0.39 is 0 Å². The average molecular weight is 208 g/mol. The van der Waals surface area contributed by atoms with Crippen molar-refractivity contribution >= 4 is 0 Å². The third-order valence-corrected chi connectivity index (χ3v) is 2.97. The number of rotatable bonds is 4. The first kappa shape index (κ1) is 10.6. The molecule has 15 heavy (non-hydrogen) atoms. The molecule has 0 radical (unpaired) electrons. The van der Waals surface area contributed by atoms with Crippen LogP contribution in [0.25, 0.3) is 0 Å². The second kappa shape index (κ2) is 5.28. The first-order valence-corrected chi connectivity index (χ1v) is 5.82. The highest BCUT2D eigenvalue weighted by molar-refractivity contribution is 4.88. The van der Waals surface area contributed by atoms with Crippen LogP contribution in [0.1, 0.15) is 25.1 Å². The summed E-state index contributed by atoms with van der Waals surface area (Å²) in [6.45, 7) is 6.44. The summed E-state index contributed by atoms with van der Waals surface area (Å²) in [4.78, 5) is 4.20. The van der Waals surface area contributed by atoms with E-state index >= 15 is 0 Å². The minimum Gasteiger partial charge on any atom is -0.334 e. The molecule has 4 heteroatoms. The van der Waals surface area contributed by atoms with Crippen LogP contribution in [-0.2, 0) is 6.54 Å². The lowest BCUT2D eigenvalue weighted by atomic mass is 10.2. The molecule has 1 N–H and O–H groups in total. The van der Waals surface area contributed by atoms with Crippen molar-refractivity contribution in [3.8, 4) is 0 Å². The van der Waals surface area contributed by atoms with Gasteiger partial charge in [-0.25, -0.2) is 9.99 Å². The number of nitrogens with zero attached hydrogens (tertiary/aromatic N) is 3. The molecule has 0 spiro atoms. The number of hydrogen-bond donors (Lipinski definition) is 1. The van der Waals surface area contributed by atoms with Gasteiger partial charge in [0.25, 0.3) is 0 Å². The normalized spacial score (nSPS) is 18.2. The third kappa shape index (κ3) is 3.04. The number of imidazole rings is 1. The Labute approximate surface area is 91.3 Å². The van der Waals surface area contributed by atoms with Crippen molar-refractivity contribution in [1.82, 2.24) is 20.0 Å². The summed E-state index contributed by atoms with van der Waals surface area (Å²) in [5, 5.41) is 2.34. The number of aromatic nitrogens is 2. The molecule has 1 fully saturated rings. The zero-order valence-corrected chi connectivity index (χ0v) is 9.45. The lowest BCUT2D eigenvalue weighted by Gasteiger charge is -2.27. The lowest BCUT2D eigenvalue weighted by molar-refractivity contribution is 0.152. The van der Waals surface area contributed by atoms with Gasteiger partial charge in [0.15, 0.2) is 0 Å². The van der Waals surface area contributed by atoms with Gasteiger partial charge >= 0.3 is 0 Å². The third-order valence-electron chi connectivity index (χ3n) is 2.97. The summed E-state index contributed by atoms with van der Waals surface area (Å²) in [7, 11) is 0. The summed E-state index contributed by atoms with van der Waals surface area (Å²) in [6.07, 6.45) is 7.94. The molecule has 1 aromatic rings. The fourth-order valence-electron chi connectivity index (χ4n) is 2.02. The van der Waals surface area contributed by atoms with Crippen LogP contribution in [0.3, 0.4) is 0 Å². The molecule has 1 saturated heterocycles. The van der Waals surface area contributed by atoms with Crippen molar-refractivity contribution in [3.63, 3.8) is 0 Å². The molecule has 2 rings (SSSR count). The summed E-state index contributed by atoms with van der Waals surface area (Å²) < 4.78 is 2.18. The van der Waals surface area contributed by atoms with Crippen LogP contribution < -0.4 is 5.43 Å². The van der Waals surface area contributed by atoms with Gasteiger partial charge in [-0.3, -0.25) is 5.43 Å². The highest BCUT2D eigenvalue weighted by Crippen LogP contribution is 2.05.